The van der Waals surface area contributed by atoms with Gasteiger partial charge in [-0.25, -0.2) is 28.7 Å². The highest BCUT2D eigenvalue weighted by Gasteiger charge is 2.45. The van der Waals surface area contributed by atoms with Gasteiger partial charge in [-0.1, -0.05) is 26.1 Å². The lowest BCUT2D eigenvalue weighted by molar-refractivity contribution is -0.118. The molecule has 7 rings (SSSR count). The zero-order valence-corrected chi connectivity index (χ0v) is 27.6. The summed E-state index contributed by atoms with van der Waals surface area (Å²) in [6.45, 7) is -0.988. The van der Waals surface area contributed by atoms with Gasteiger partial charge in [-0.15, -0.1) is 0 Å². The Bertz CT molecular complexity index is 2050. The smallest absolute Gasteiger partial charge is 0.349 e. The number of aromatic nitrogens is 8. The minimum Gasteiger partial charge on any atom is -0.349 e. The van der Waals surface area contributed by atoms with Crippen LogP contribution in [0.1, 0.15) is 45.4 Å². The SMILES string of the molecule is CC(C)C(=O)Nc1nc2c(ncn2[C@H]2O[C@@H]3CO[P@](=O)(S)O[C@H]4C[C@H](n5cnc6cncnc65)C[C@@H]4CNS(=O)(=O)O[C@@H]2C3)c(=O)[nH]1. The number of hydrogen-bond donors (Lipinski definition) is 4. The second-order valence-electron chi connectivity index (χ2n) is 11.9. The summed E-state index contributed by atoms with van der Waals surface area (Å²) in [7, 11) is -4.38. The minimum absolute atomic E-state index is 0.0103. The highest BCUT2D eigenvalue weighted by Crippen LogP contribution is 2.57. The van der Waals surface area contributed by atoms with Crippen LogP contribution in [0.2, 0.25) is 0 Å². The van der Waals surface area contributed by atoms with E-state index in [0.29, 0.717) is 24.0 Å². The van der Waals surface area contributed by atoms with Gasteiger partial charge in [-0.05, 0) is 12.8 Å². The molecule has 3 N–H and O–H groups in total. The first-order chi connectivity index (χ1) is 22.4. The fourth-order valence-electron chi connectivity index (χ4n) is 6.05. The molecule has 3 fully saturated rings. The molecule has 4 aromatic rings. The van der Waals surface area contributed by atoms with Crippen LogP contribution in [0, 0.1) is 11.8 Å². The molecule has 1 aliphatic carbocycles. The summed E-state index contributed by atoms with van der Waals surface area (Å²) in [5, 5.41) is 2.54. The van der Waals surface area contributed by atoms with E-state index in [1.807, 2.05) is 4.57 Å². The van der Waals surface area contributed by atoms with Crippen molar-refractivity contribution in [3.63, 3.8) is 0 Å². The molecule has 2 saturated heterocycles. The van der Waals surface area contributed by atoms with Gasteiger partial charge in [0, 0.05) is 30.8 Å². The molecule has 3 aliphatic rings. The standard InChI is InChI=1S/C25H31N10O9PS2/c1-12(2)22(36)32-25-31-21-19(23(37)33-25)29-11-35(21)24-18-5-15(42-24)8-41-45(38,46)43-17-4-14(3-13(17)6-30-47(39,40)44-18)34-10-28-16-7-26-9-27-20(16)34/h7,9-15,17-18,24,30H,3-6,8H2,1-2H3,(H,38,46)(H2,31,32,33,36,37)/t13-,14-,15+,17+,18-,24+,45+/m1/s1. The number of anilines is 1. The van der Waals surface area contributed by atoms with E-state index >= 15 is 0 Å². The maximum Gasteiger partial charge on any atom is 0.386 e. The van der Waals surface area contributed by atoms with Crippen molar-refractivity contribution < 1.29 is 35.7 Å². The van der Waals surface area contributed by atoms with Gasteiger partial charge >= 0.3 is 17.1 Å². The van der Waals surface area contributed by atoms with Crippen LogP contribution in [-0.2, 0) is 37.6 Å². The molecule has 6 heterocycles. The lowest BCUT2D eigenvalue weighted by Crippen LogP contribution is -2.37. The van der Waals surface area contributed by atoms with Crippen LogP contribution in [-0.4, -0.2) is 84.8 Å². The van der Waals surface area contributed by atoms with Crippen LogP contribution in [0.3, 0.4) is 0 Å². The van der Waals surface area contributed by atoms with Gasteiger partial charge in [0.15, 0.2) is 23.0 Å². The number of nitrogens with one attached hydrogen (secondary N) is 3. The number of thiol groups is 1. The number of nitrogens with zero attached hydrogens (tertiary/aromatic N) is 7. The molecule has 1 saturated carbocycles. The molecule has 22 heteroatoms. The van der Waals surface area contributed by atoms with Crippen LogP contribution in [0.15, 0.2) is 30.0 Å². The van der Waals surface area contributed by atoms with Crippen molar-refractivity contribution in [2.45, 2.75) is 63.7 Å². The number of carbonyl (C=O) groups is 1. The zero-order valence-electron chi connectivity index (χ0n) is 25.0. The summed E-state index contributed by atoms with van der Waals surface area (Å²) in [4.78, 5) is 48.6. The molecule has 19 nitrogen and oxygen atoms in total. The Hall–Kier alpha value is -3.30. The largest absolute Gasteiger partial charge is 0.386 e. The number of ether oxygens (including phenoxy) is 1. The predicted molar refractivity (Wildman–Crippen MR) is 166 cm³/mol. The molecule has 0 unspecified atom stereocenters. The molecular formula is C25H31N10O9PS2. The summed E-state index contributed by atoms with van der Waals surface area (Å²) in [5.41, 5.74) is 0.510. The van der Waals surface area contributed by atoms with Gasteiger partial charge in [0.25, 0.3) is 5.56 Å². The van der Waals surface area contributed by atoms with Gasteiger partial charge in [0.1, 0.15) is 17.9 Å². The first-order valence-corrected chi connectivity index (χ1v) is 18.9. The Morgan fingerprint density at radius 1 is 1.13 bits per heavy atom. The van der Waals surface area contributed by atoms with Crippen LogP contribution >= 0.6 is 19.0 Å². The number of hydrogen-bond acceptors (Lipinski definition) is 14. The van der Waals surface area contributed by atoms with E-state index in [1.54, 1.807) is 26.4 Å². The molecule has 0 spiro atoms. The Kier molecular flexibility index (Phi) is 8.44. The molecule has 0 aromatic carbocycles. The number of rotatable bonds is 4. The monoisotopic (exact) mass is 710 g/mol. The molecule has 1 amide bonds. The molecule has 0 radical (unpaired) electrons. The van der Waals surface area contributed by atoms with Crippen molar-refractivity contribution in [1.29, 1.82) is 0 Å². The average molecular weight is 711 g/mol. The lowest BCUT2D eigenvalue weighted by atomic mass is 10.1. The van der Waals surface area contributed by atoms with E-state index in [0.717, 1.165) is 0 Å². The fraction of sp³-hybridized carbons (Fsp3) is 0.560. The quantitative estimate of drug-likeness (QED) is 0.173. The lowest BCUT2D eigenvalue weighted by Gasteiger charge is -2.25. The van der Waals surface area contributed by atoms with Crippen LogP contribution in [0.25, 0.3) is 22.3 Å². The van der Waals surface area contributed by atoms with Crippen LogP contribution < -0.4 is 15.6 Å². The summed E-state index contributed by atoms with van der Waals surface area (Å²) in [6.07, 6.45) is 2.86. The first kappa shape index (κ1) is 32.3. The van der Waals surface area contributed by atoms with Gasteiger partial charge in [0.05, 0.1) is 37.7 Å². The van der Waals surface area contributed by atoms with E-state index in [2.05, 4.69) is 52.2 Å². The third-order valence-electron chi connectivity index (χ3n) is 8.32. The Morgan fingerprint density at radius 2 is 1.94 bits per heavy atom. The number of fused-ring (bicyclic) bond motifs is 5. The Balaban J connectivity index is 1.16. The van der Waals surface area contributed by atoms with Gasteiger partial charge in [-0.3, -0.25) is 33.5 Å². The highest BCUT2D eigenvalue weighted by atomic mass is 32.7. The second kappa shape index (κ2) is 12.3. The number of aromatic amines is 1. The normalized spacial score (nSPS) is 31.3. The van der Waals surface area contributed by atoms with Gasteiger partial charge in [-0.2, -0.15) is 18.1 Å². The summed E-state index contributed by atoms with van der Waals surface area (Å²) >= 11 is 4.22. The second-order valence-corrected chi connectivity index (χ2v) is 16.1. The van der Waals surface area contributed by atoms with Crippen molar-refractivity contribution in [3.8, 4) is 0 Å². The van der Waals surface area contributed by atoms with Gasteiger partial charge in [0.2, 0.25) is 11.9 Å². The Labute approximate surface area is 272 Å². The average Bonchev–Trinajstić information content (AvgIpc) is 3.79. The van der Waals surface area contributed by atoms with E-state index in [-0.39, 0.29) is 54.6 Å². The Morgan fingerprint density at radius 3 is 2.74 bits per heavy atom. The van der Waals surface area contributed by atoms with Crippen molar-refractivity contribution in [1.82, 2.24) is 43.8 Å². The number of H-pyrrole nitrogens is 1. The van der Waals surface area contributed by atoms with E-state index < -0.39 is 53.1 Å². The molecule has 7 atom stereocenters. The number of amides is 1. The third kappa shape index (κ3) is 6.58. The van der Waals surface area contributed by atoms with Crippen molar-refractivity contribution in [2.24, 2.45) is 11.8 Å². The first-order valence-electron chi connectivity index (χ1n) is 14.7. The maximum atomic E-state index is 13.5. The van der Waals surface area contributed by atoms with Crippen LogP contribution in [0.4, 0.5) is 5.95 Å². The van der Waals surface area contributed by atoms with Crippen molar-refractivity contribution >= 4 is 63.5 Å². The van der Waals surface area contributed by atoms with Crippen molar-refractivity contribution in [2.75, 3.05) is 18.5 Å². The summed E-state index contributed by atoms with van der Waals surface area (Å²) in [5.74, 6) is -1.34. The number of imidazole rings is 2. The van der Waals surface area contributed by atoms with Crippen LogP contribution in [0.5, 0.6) is 0 Å². The highest BCUT2D eigenvalue weighted by molar-refractivity contribution is 8.44. The molecular weight excluding hydrogens is 679 g/mol. The summed E-state index contributed by atoms with van der Waals surface area (Å²) < 4.78 is 69.1. The third-order valence-corrected chi connectivity index (χ3v) is 11.0. The van der Waals surface area contributed by atoms with E-state index in [9.17, 15) is 22.6 Å². The van der Waals surface area contributed by atoms with E-state index in [4.69, 9.17) is 18.0 Å². The maximum absolute atomic E-state index is 13.5. The molecule has 4 aromatic heterocycles. The van der Waals surface area contributed by atoms with Crippen molar-refractivity contribution in [3.05, 3.63) is 35.5 Å². The fourth-order valence-corrected chi connectivity index (χ4v) is 8.62. The number of carbonyl (C=O) groups excluding carboxylic acids is 1. The van der Waals surface area contributed by atoms with E-state index in [1.165, 1.54) is 17.2 Å². The van der Waals surface area contributed by atoms with Gasteiger partial charge < -0.3 is 9.30 Å². The minimum atomic E-state index is -4.38. The molecule has 2 aliphatic heterocycles. The molecule has 47 heavy (non-hydrogen) atoms. The predicted octanol–water partition coefficient (Wildman–Crippen LogP) is 1.47. The summed E-state index contributed by atoms with van der Waals surface area (Å²) in [6, 6.07) is -0.208. The molecule has 252 valence electrons. The zero-order chi connectivity index (χ0) is 33.1. The topological polar surface area (TPSA) is 236 Å². The molecule has 2 bridgehead atoms.